The molecule has 1 N–H and O–H groups in total. The summed E-state index contributed by atoms with van der Waals surface area (Å²) in [7, 11) is 0. The minimum Gasteiger partial charge on any atom is -0.325 e. The van der Waals surface area contributed by atoms with Gasteiger partial charge < -0.3 is 5.32 Å². The molecular formula is C13H18BrNO. The third-order valence-corrected chi connectivity index (χ3v) is 3.55. The Hall–Kier alpha value is -0.830. The van der Waals surface area contributed by atoms with Gasteiger partial charge in [-0.05, 0) is 30.0 Å². The predicted octanol–water partition coefficient (Wildman–Crippen LogP) is 3.92. The predicted molar refractivity (Wildman–Crippen MR) is 72.2 cm³/mol. The van der Waals surface area contributed by atoms with Gasteiger partial charge in [0.15, 0.2) is 0 Å². The minimum atomic E-state index is -0.114. The Morgan fingerprint density at radius 3 is 2.31 bits per heavy atom. The molecule has 0 aliphatic rings. The lowest BCUT2D eigenvalue weighted by Crippen LogP contribution is -2.21. The second kappa shape index (κ2) is 6.04. The standard InChI is InChI=1S/C13H18BrNO/c1-4-12(14)13(16)15-11-7-5-10(6-8-11)9(2)3/h5-9,12H,4H2,1-3H3,(H,15,16)/t12-/m0/s1. The Kier molecular flexibility index (Phi) is 5.00. The average molecular weight is 284 g/mol. The Labute approximate surface area is 106 Å². The summed E-state index contributed by atoms with van der Waals surface area (Å²) in [5, 5.41) is 2.87. The molecule has 0 bridgehead atoms. The molecule has 88 valence electrons. The van der Waals surface area contributed by atoms with Crippen LogP contribution in [-0.2, 0) is 4.79 Å². The number of amides is 1. The lowest BCUT2D eigenvalue weighted by molar-refractivity contribution is -0.115. The van der Waals surface area contributed by atoms with E-state index in [1.54, 1.807) is 0 Å². The van der Waals surface area contributed by atoms with Gasteiger partial charge in [0.1, 0.15) is 0 Å². The number of halogens is 1. The van der Waals surface area contributed by atoms with Crippen LogP contribution in [0.4, 0.5) is 5.69 Å². The number of anilines is 1. The zero-order valence-electron chi connectivity index (χ0n) is 9.96. The van der Waals surface area contributed by atoms with E-state index >= 15 is 0 Å². The monoisotopic (exact) mass is 283 g/mol. The zero-order valence-corrected chi connectivity index (χ0v) is 11.5. The van der Waals surface area contributed by atoms with E-state index in [4.69, 9.17) is 0 Å². The van der Waals surface area contributed by atoms with Gasteiger partial charge in [-0.1, -0.05) is 48.8 Å². The zero-order chi connectivity index (χ0) is 12.1. The molecule has 0 radical (unpaired) electrons. The van der Waals surface area contributed by atoms with Gasteiger partial charge in [0.25, 0.3) is 0 Å². The van der Waals surface area contributed by atoms with Crippen LogP contribution in [0.1, 0.15) is 38.7 Å². The lowest BCUT2D eigenvalue weighted by Gasteiger charge is -2.10. The molecule has 0 aliphatic carbocycles. The fraction of sp³-hybridized carbons (Fsp3) is 0.462. The van der Waals surface area contributed by atoms with Crippen molar-refractivity contribution in [1.29, 1.82) is 0 Å². The number of alkyl halides is 1. The van der Waals surface area contributed by atoms with Crippen molar-refractivity contribution in [2.45, 2.75) is 37.9 Å². The van der Waals surface area contributed by atoms with E-state index in [-0.39, 0.29) is 10.7 Å². The van der Waals surface area contributed by atoms with Gasteiger partial charge >= 0.3 is 0 Å². The van der Waals surface area contributed by atoms with Gasteiger partial charge in [0.2, 0.25) is 5.91 Å². The molecule has 3 heteroatoms. The van der Waals surface area contributed by atoms with Crippen molar-refractivity contribution < 1.29 is 4.79 Å². The van der Waals surface area contributed by atoms with Gasteiger partial charge in [-0.25, -0.2) is 0 Å². The Bertz CT molecular complexity index is 345. The van der Waals surface area contributed by atoms with Crippen LogP contribution in [0.3, 0.4) is 0 Å². The molecule has 1 amide bonds. The molecule has 0 heterocycles. The lowest BCUT2D eigenvalue weighted by atomic mass is 10.0. The van der Waals surface area contributed by atoms with E-state index in [1.165, 1.54) is 5.56 Å². The number of rotatable bonds is 4. The highest BCUT2D eigenvalue weighted by molar-refractivity contribution is 9.10. The van der Waals surface area contributed by atoms with E-state index < -0.39 is 0 Å². The maximum atomic E-state index is 11.6. The summed E-state index contributed by atoms with van der Waals surface area (Å²) >= 11 is 3.33. The minimum absolute atomic E-state index is 0.0137. The first-order valence-electron chi connectivity index (χ1n) is 5.59. The van der Waals surface area contributed by atoms with Crippen LogP contribution < -0.4 is 5.32 Å². The normalized spacial score (nSPS) is 12.6. The van der Waals surface area contributed by atoms with Crippen LogP contribution in [0.15, 0.2) is 24.3 Å². The number of carbonyl (C=O) groups excluding carboxylic acids is 1. The second-order valence-electron chi connectivity index (χ2n) is 4.14. The van der Waals surface area contributed by atoms with Gasteiger partial charge in [-0.3, -0.25) is 4.79 Å². The van der Waals surface area contributed by atoms with E-state index in [0.29, 0.717) is 5.92 Å². The molecular weight excluding hydrogens is 266 g/mol. The largest absolute Gasteiger partial charge is 0.325 e. The summed E-state index contributed by atoms with van der Waals surface area (Å²) in [6, 6.07) is 8.00. The topological polar surface area (TPSA) is 29.1 Å². The summed E-state index contributed by atoms with van der Waals surface area (Å²) in [4.78, 5) is 11.5. The third kappa shape index (κ3) is 3.63. The number of carbonyl (C=O) groups is 1. The number of hydrogen-bond donors (Lipinski definition) is 1. The van der Waals surface area contributed by atoms with E-state index in [9.17, 15) is 4.79 Å². The maximum Gasteiger partial charge on any atom is 0.238 e. The highest BCUT2D eigenvalue weighted by Crippen LogP contribution is 2.18. The first kappa shape index (κ1) is 13.2. The summed E-state index contributed by atoms with van der Waals surface area (Å²) in [5.74, 6) is 0.532. The van der Waals surface area contributed by atoms with Crippen LogP contribution in [0.25, 0.3) is 0 Å². The SMILES string of the molecule is CC[C@H](Br)C(=O)Nc1ccc(C(C)C)cc1. The molecule has 0 spiro atoms. The van der Waals surface area contributed by atoms with Gasteiger partial charge in [-0.2, -0.15) is 0 Å². The van der Waals surface area contributed by atoms with Crippen LogP contribution in [-0.4, -0.2) is 10.7 Å². The molecule has 1 aromatic carbocycles. The van der Waals surface area contributed by atoms with Crippen molar-refractivity contribution in [3.05, 3.63) is 29.8 Å². The first-order chi connectivity index (χ1) is 7.54. The Morgan fingerprint density at radius 1 is 1.31 bits per heavy atom. The highest BCUT2D eigenvalue weighted by atomic mass is 79.9. The van der Waals surface area contributed by atoms with E-state index in [2.05, 4.69) is 47.2 Å². The average Bonchev–Trinajstić information content (AvgIpc) is 2.28. The number of benzene rings is 1. The Morgan fingerprint density at radius 2 is 1.88 bits per heavy atom. The van der Waals surface area contributed by atoms with Crippen LogP contribution >= 0.6 is 15.9 Å². The molecule has 2 nitrogen and oxygen atoms in total. The Balaban J connectivity index is 2.65. The van der Waals surface area contributed by atoms with Crippen molar-refractivity contribution in [1.82, 2.24) is 0 Å². The molecule has 0 fully saturated rings. The van der Waals surface area contributed by atoms with Crippen molar-refractivity contribution in [3.8, 4) is 0 Å². The van der Waals surface area contributed by atoms with Gasteiger partial charge in [0.05, 0.1) is 4.83 Å². The summed E-state index contributed by atoms with van der Waals surface area (Å²) in [6.45, 7) is 6.28. The molecule has 1 aromatic rings. The van der Waals surface area contributed by atoms with Gasteiger partial charge in [0, 0.05) is 5.69 Å². The number of nitrogens with one attached hydrogen (secondary N) is 1. The molecule has 0 saturated carbocycles. The van der Waals surface area contributed by atoms with Crippen LogP contribution in [0, 0.1) is 0 Å². The van der Waals surface area contributed by atoms with Crippen LogP contribution in [0.5, 0.6) is 0 Å². The summed E-state index contributed by atoms with van der Waals surface area (Å²) in [6.07, 6.45) is 0.788. The summed E-state index contributed by atoms with van der Waals surface area (Å²) in [5.41, 5.74) is 2.14. The second-order valence-corrected chi connectivity index (χ2v) is 5.25. The van der Waals surface area contributed by atoms with Crippen LogP contribution in [0.2, 0.25) is 0 Å². The summed E-state index contributed by atoms with van der Waals surface area (Å²) < 4.78 is 0. The maximum absolute atomic E-state index is 11.6. The molecule has 0 aromatic heterocycles. The smallest absolute Gasteiger partial charge is 0.238 e. The molecule has 0 aliphatic heterocycles. The fourth-order valence-corrected chi connectivity index (χ4v) is 1.47. The quantitative estimate of drug-likeness (QED) is 0.834. The van der Waals surface area contributed by atoms with Gasteiger partial charge in [-0.15, -0.1) is 0 Å². The number of hydrogen-bond acceptors (Lipinski definition) is 1. The molecule has 0 saturated heterocycles. The first-order valence-corrected chi connectivity index (χ1v) is 6.51. The van der Waals surface area contributed by atoms with Crippen molar-refractivity contribution >= 4 is 27.5 Å². The molecule has 0 unspecified atom stereocenters. The fourth-order valence-electron chi connectivity index (χ4n) is 1.36. The van der Waals surface area contributed by atoms with Crippen molar-refractivity contribution in [2.75, 3.05) is 5.32 Å². The molecule has 1 rings (SSSR count). The highest BCUT2D eigenvalue weighted by Gasteiger charge is 2.12. The van der Waals surface area contributed by atoms with Crippen molar-refractivity contribution in [3.63, 3.8) is 0 Å². The van der Waals surface area contributed by atoms with E-state index in [1.807, 2.05) is 19.1 Å². The molecule has 16 heavy (non-hydrogen) atoms. The van der Waals surface area contributed by atoms with Crippen molar-refractivity contribution in [2.24, 2.45) is 0 Å². The van der Waals surface area contributed by atoms with E-state index in [0.717, 1.165) is 12.1 Å². The third-order valence-electron chi connectivity index (χ3n) is 2.49. The molecule has 1 atom stereocenters.